The second kappa shape index (κ2) is 28.3. The monoisotopic (exact) mass is 654 g/mol. The maximum absolute atomic E-state index is 12.1. The van der Waals surface area contributed by atoms with Crippen molar-refractivity contribution in [1.29, 1.82) is 0 Å². The van der Waals surface area contributed by atoms with Crippen molar-refractivity contribution in [2.24, 2.45) is 5.92 Å². The van der Waals surface area contributed by atoms with Crippen molar-refractivity contribution in [3.8, 4) is 0 Å². The smallest absolute Gasteiger partial charge is 0.305 e. The average Bonchev–Trinajstić information content (AvgIpc) is 3.03. The highest BCUT2D eigenvalue weighted by Crippen LogP contribution is 2.29. The Labute approximate surface area is 278 Å². The van der Waals surface area contributed by atoms with Gasteiger partial charge in [-0.25, -0.2) is 0 Å². The first-order valence-corrected chi connectivity index (χ1v) is 18.3. The summed E-state index contributed by atoms with van der Waals surface area (Å²) in [7, 11) is 0. The van der Waals surface area contributed by atoms with Crippen molar-refractivity contribution in [3.05, 3.63) is 24.3 Å². The van der Waals surface area contributed by atoms with Gasteiger partial charge in [0, 0.05) is 25.2 Å². The molecule has 0 bridgehead atoms. The van der Waals surface area contributed by atoms with Crippen molar-refractivity contribution in [2.75, 3.05) is 13.2 Å². The first-order valence-electron chi connectivity index (χ1n) is 18.3. The molecule has 9 heteroatoms. The fourth-order valence-electron chi connectivity index (χ4n) is 5.59. The van der Waals surface area contributed by atoms with Crippen LogP contribution in [-0.2, 0) is 23.8 Å². The first kappa shape index (κ1) is 42.2. The number of carbonyl (C=O) groups excluding carboxylic acids is 2. The van der Waals surface area contributed by atoms with E-state index >= 15 is 0 Å². The van der Waals surface area contributed by atoms with Crippen LogP contribution in [0.25, 0.3) is 0 Å². The summed E-state index contributed by atoms with van der Waals surface area (Å²) >= 11 is 0. The molecule has 1 fully saturated rings. The number of esters is 2. The van der Waals surface area contributed by atoms with E-state index in [0.29, 0.717) is 32.1 Å². The molecule has 46 heavy (non-hydrogen) atoms. The van der Waals surface area contributed by atoms with Crippen LogP contribution in [0.15, 0.2) is 24.3 Å². The Bertz CT molecular complexity index is 815. The highest BCUT2D eigenvalue weighted by Gasteiger charge is 2.35. The lowest BCUT2D eigenvalue weighted by molar-refractivity contribution is -0.199. The molecular formula is C37H66O9. The van der Waals surface area contributed by atoms with Crippen molar-refractivity contribution < 1.29 is 44.2 Å². The van der Waals surface area contributed by atoms with Crippen LogP contribution in [0.5, 0.6) is 0 Å². The van der Waals surface area contributed by atoms with Crippen LogP contribution in [0, 0.1) is 5.92 Å². The average molecular weight is 655 g/mol. The molecule has 1 aliphatic rings. The highest BCUT2D eigenvalue weighted by molar-refractivity contribution is 5.69. The SMILES string of the molecule is CCCCCCCCCCCCCC(=O)OC[C@H](O)COC(=O)CCC/C=C\C[C@H]1[C@@H](O)CC(O)O[C@@H]1/C=C/[C@@H](O)CCCCC. The maximum atomic E-state index is 12.1. The van der Waals surface area contributed by atoms with Crippen molar-refractivity contribution in [2.45, 2.75) is 179 Å². The molecule has 0 aliphatic carbocycles. The van der Waals surface area contributed by atoms with Gasteiger partial charge in [-0.05, 0) is 32.1 Å². The molecule has 1 rings (SSSR count). The Hall–Kier alpha value is -1.78. The second-order valence-electron chi connectivity index (χ2n) is 12.9. The van der Waals surface area contributed by atoms with E-state index in [2.05, 4.69) is 13.8 Å². The van der Waals surface area contributed by atoms with E-state index in [4.69, 9.17) is 14.2 Å². The number of unbranched alkanes of at least 4 members (excludes halogenated alkanes) is 13. The van der Waals surface area contributed by atoms with E-state index in [1.807, 2.05) is 12.2 Å². The summed E-state index contributed by atoms with van der Waals surface area (Å²) in [6.45, 7) is 3.94. The summed E-state index contributed by atoms with van der Waals surface area (Å²) in [4.78, 5) is 24.0. The van der Waals surface area contributed by atoms with Crippen LogP contribution in [0.2, 0.25) is 0 Å². The molecule has 0 saturated carbocycles. The number of carbonyl (C=O) groups is 2. The molecular weight excluding hydrogens is 588 g/mol. The minimum atomic E-state index is -1.05. The zero-order valence-electron chi connectivity index (χ0n) is 28.9. The van der Waals surface area contributed by atoms with E-state index < -0.39 is 36.7 Å². The van der Waals surface area contributed by atoms with Gasteiger partial charge in [-0.2, -0.15) is 0 Å². The van der Waals surface area contributed by atoms with Crippen molar-refractivity contribution >= 4 is 11.9 Å². The van der Waals surface area contributed by atoms with Gasteiger partial charge in [0.1, 0.15) is 19.3 Å². The third-order valence-electron chi connectivity index (χ3n) is 8.48. The summed E-state index contributed by atoms with van der Waals surface area (Å²) in [6.07, 6.45) is 22.9. The normalized spacial score (nSPS) is 21.5. The Kier molecular flexibility index (Phi) is 25.9. The largest absolute Gasteiger partial charge is 0.463 e. The van der Waals surface area contributed by atoms with Crippen molar-refractivity contribution in [3.63, 3.8) is 0 Å². The first-order chi connectivity index (χ1) is 22.3. The molecule has 1 aliphatic heterocycles. The predicted octanol–water partition coefficient (Wildman–Crippen LogP) is 6.83. The maximum Gasteiger partial charge on any atom is 0.305 e. The number of ether oxygens (including phenoxy) is 3. The molecule has 6 atom stereocenters. The Morgan fingerprint density at radius 2 is 1.30 bits per heavy atom. The third-order valence-corrected chi connectivity index (χ3v) is 8.48. The molecule has 1 heterocycles. The minimum Gasteiger partial charge on any atom is -0.463 e. The summed E-state index contributed by atoms with van der Waals surface area (Å²) in [5.41, 5.74) is 0. The molecule has 0 aromatic rings. The lowest BCUT2D eigenvalue weighted by Gasteiger charge is -2.36. The Morgan fingerprint density at radius 1 is 0.761 bits per heavy atom. The van der Waals surface area contributed by atoms with Crippen LogP contribution in [0.4, 0.5) is 0 Å². The molecule has 4 N–H and O–H groups in total. The van der Waals surface area contributed by atoms with Crippen LogP contribution in [-0.4, -0.2) is 76.3 Å². The molecule has 9 nitrogen and oxygen atoms in total. The summed E-state index contributed by atoms with van der Waals surface area (Å²) in [5, 5.41) is 40.7. The van der Waals surface area contributed by atoms with E-state index in [0.717, 1.165) is 38.5 Å². The van der Waals surface area contributed by atoms with E-state index in [1.54, 1.807) is 12.2 Å². The number of allylic oxidation sites excluding steroid dienone is 2. The molecule has 0 spiro atoms. The second-order valence-corrected chi connectivity index (χ2v) is 12.9. The highest BCUT2D eigenvalue weighted by atomic mass is 16.6. The van der Waals surface area contributed by atoms with E-state index in [-0.39, 0.29) is 37.9 Å². The van der Waals surface area contributed by atoms with Gasteiger partial charge in [-0.15, -0.1) is 0 Å². The zero-order chi connectivity index (χ0) is 33.8. The van der Waals surface area contributed by atoms with E-state index in [1.165, 1.54) is 51.4 Å². The fraction of sp³-hybridized carbons (Fsp3) is 0.838. The number of hydrogen-bond acceptors (Lipinski definition) is 9. The number of rotatable bonds is 28. The quantitative estimate of drug-likeness (QED) is 0.0405. The molecule has 0 aromatic carbocycles. The molecule has 1 unspecified atom stereocenters. The van der Waals surface area contributed by atoms with Crippen LogP contribution in [0.1, 0.15) is 149 Å². The summed E-state index contributed by atoms with van der Waals surface area (Å²) < 4.78 is 15.9. The molecule has 268 valence electrons. The van der Waals surface area contributed by atoms with Crippen LogP contribution < -0.4 is 0 Å². The van der Waals surface area contributed by atoms with Crippen LogP contribution >= 0.6 is 0 Å². The molecule has 0 aromatic heterocycles. The van der Waals surface area contributed by atoms with Gasteiger partial charge >= 0.3 is 11.9 Å². The van der Waals surface area contributed by atoms with Gasteiger partial charge in [0.2, 0.25) is 0 Å². The van der Waals surface area contributed by atoms with Gasteiger partial charge in [-0.1, -0.05) is 122 Å². The number of aliphatic hydroxyl groups is 4. The topological polar surface area (TPSA) is 143 Å². The third kappa shape index (κ3) is 22.7. The summed E-state index contributed by atoms with van der Waals surface area (Å²) in [6, 6.07) is 0. The molecule has 0 radical (unpaired) electrons. The van der Waals surface area contributed by atoms with Gasteiger partial charge in [0.05, 0.1) is 18.3 Å². The van der Waals surface area contributed by atoms with Gasteiger partial charge in [0.25, 0.3) is 0 Å². The van der Waals surface area contributed by atoms with Crippen LogP contribution in [0.3, 0.4) is 0 Å². The number of aliphatic hydroxyl groups excluding tert-OH is 4. The predicted molar refractivity (Wildman–Crippen MR) is 181 cm³/mol. The van der Waals surface area contributed by atoms with Crippen molar-refractivity contribution in [1.82, 2.24) is 0 Å². The Balaban J connectivity index is 2.14. The zero-order valence-corrected chi connectivity index (χ0v) is 28.9. The lowest BCUT2D eigenvalue weighted by atomic mass is 9.87. The standard InChI is InChI=1S/C37H66O9/c1-3-5-7-8-9-10-11-12-13-14-19-23-35(41)44-28-31(39)29-45-36(42)24-20-16-15-18-22-32-33(40)27-37(43)46-34(32)26-25-30(38)21-17-6-4-2/h15,18,25-26,30-34,37-40,43H,3-14,16-17,19-24,27-29H2,1-2H3/b18-15-,26-25+/t30-,31-,32-,33-,34+,37?/m0/s1. The van der Waals surface area contributed by atoms with E-state index in [9.17, 15) is 30.0 Å². The summed E-state index contributed by atoms with van der Waals surface area (Å²) in [5.74, 6) is -1.01. The molecule has 0 amide bonds. The van der Waals surface area contributed by atoms with Gasteiger partial charge < -0.3 is 34.6 Å². The number of hydrogen-bond donors (Lipinski definition) is 4. The van der Waals surface area contributed by atoms with Gasteiger partial charge in [-0.3, -0.25) is 9.59 Å². The lowest BCUT2D eigenvalue weighted by Crippen LogP contribution is -2.43. The van der Waals surface area contributed by atoms with Gasteiger partial charge in [0.15, 0.2) is 6.29 Å². The molecule has 1 saturated heterocycles. The fourth-order valence-corrected chi connectivity index (χ4v) is 5.59. The minimum absolute atomic E-state index is 0.137. The Morgan fingerprint density at radius 3 is 1.91 bits per heavy atom.